The highest BCUT2D eigenvalue weighted by molar-refractivity contribution is 5.00. The van der Waals surface area contributed by atoms with Gasteiger partial charge in [0, 0.05) is 25.2 Å². The lowest BCUT2D eigenvalue weighted by Gasteiger charge is -2.53. The van der Waals surface area contributed by atoms with Crippen LogP contribution in [0.5, 0.6) is 0 Å². The largest absolute Gasteiger partial charge is 0.367 e. The maximum absolute atomic E-state index is 6.17. The maximum atomic E-state index is 6.17. The van der Waals surface area contributed by atoms with E-state index in [0.717, 1.165) is 25.6 Å². The predicted octanol–water partition coefficient (Wildman–Crippen LogP) is 2.39. The zero-order valence-electron chi connectivity index (χ0n) is 12.8. The second kappa shape index (κ2) is 4.46. The zero-order chi connectivity index (χ0) is 13.6. The number of nitrogens with zero attached hydrogens (tertiary/aromatic N) is 1. The van der Waals surface area contributed by atoms with Gasteiger partial charge in [0.15, 0.2) is 0 Å². The molecule has 2 rings (SSSR count). The van der Waals surface area contributed by atoms with Gasteiger partial charge in [0.05, 0.1) is 11.2 Å². The fourth-order valence-corrected chi connectivity index (χ4v) is 3.45. The molecule has 1 unspecified atom stereocenters. The van der Waals surface area contributed by atoms with Gasteiger partial charge < -0.3 is 10.5 Å². The van der Waals surface area contributed by atoms with Crippen LogP contribution in [-0.4, -0.2) is 41.3 Å². The molecule has 0 amide bonds. The molecule has 1 saturated carbocycles. The van der Waals surface area contributed by atoms with E-state index in [4.69, 9.17) is 10.5 Å². The molecule has 0 aromatic rings. The van der Waals surface area contributed by atoms with Gasteiger partial charge in [0.25, 0.3) is 0 Å². The van der Waals surface area contributed by atoms with Crippen molar-refractivity contribution >= 4 is 0 Å². The molecule has 1 heterocycles. The van der Waals surface area contributed by atoms with Crippen molar-refractivity contribution in [1.82, 2.24) is 4.90 Å². The zero-order valence-corrected chi connectivity index (χ0v) is 12.8. The molecule has 0 aromatic carbocycles. The summed E-state index contributed by atoms with van der Waals surface area (Å²) in [4.78, 5) is 2.58. The summed E-state index contributed by atoms with van der Waals surface area (Å²) in [5, 5.41) is 0. The van der Waals surface area contributed by atoms with Crippen LogP contribution in [0.15, 0.2) is 0 Å². The van der Waals surface area contributed by atoms with Crippen LogP contribution < -0.4 is 5.73 Å². The van der Waals surface area contributed by atoms with Gasteiger partial charge in [-0.1, -0.05) is 12.8 Å². The van der Waals surface area contributed by atoms with Crippen LogP contribution in [0.3, 0.4) is 0 Å². The number of hydrogen-bond acceptors (Lipinski definition) is 3. The minimum absolute atomic E-state index is 0.0816. The topological polar surface area (TPSA) is 38.5 Å². The van der Waals surface area contributed by atoms with Gasteiger partial charge in [0.1, 0.15) is 0 Å². The molecule has 1 saturated heterocycles. The Morgan fingerprint density at radius 1 is 1.17 bits per heavy atom. The molecule has 0 spiro atoms. The normalized spacial score (nSPS) is 31.0. The van der Waals surface area contributed by atoms with Crippen molar-refractivity contribution in [1.29, 1.82) is 0 Å². The monoisotopic (exact) mass is 254 g/mol. The summed E-state index contributed by atoms with van der Waals surface area (Å²) in [5.41, 5.74) is 6.08. The fraction of sp³-hybridized carbons (Fsp3) is 1.00. The molecule has 0 radical (unpaired) electrons. The first-order valence-corrected chi connectivity index (χ1v) is 7.31. The molecule has 2 N–H and O–H groups in total. The standard InChI is InChI=1S/C15H30N2O/c1-13(2)10-17(11-14(3,4)18-13)15(5,9-16)8-12-6-7-12/h12H,6-11,16H2,1-5H3. The van der Waals surface area contributed by atoms with Crippen molar-refractivity contribution in [2.24, 2.45) is 11.7 Å². The third-order valence-corrected chi connectivity index (χ3v) is 4.32. The quantitative estimate of drug-likeness (QED) is 0.837. The summed E-state index contributed by atoms with van der Waals surface area (Å²) in [7, 11) is 0. The highest BCUT2D eigenvalue weighted by atomic mass is 16.5. The molecule has 106 valence electrons. The number of hydrogen-bond donors (Lipinski definition) is 1. The Labute approximate surface area is 112 Å². The van der Waals surface area contributed by atoms with Crippen molar-refractivity contribution in [2.75, 3.05) is 19.6 Å². The summed E-state index contributed by atoms with van der Waals surface area (Å²) in [6.45, 7) is 13.8. The Morgan fingerprint density at radius 3 is 2.06 bits per heavy atom. The summed E-state index contributed by atoms with van der Waals surface area (Å²) in [6.07, 6.45) is 4.04. The SMILES string of the molecule is CC1(C)CN(C(C)(CN)CC2CC2)CC(C)(C)O1. The van der Waals surface area contributed by atoms with E-state index in [2.05, 4.69) is 39.5 Å². The maximum Gasteiger partial charge on any atom is 0.0761 e. The molecule has 1 atom stereocenters. The van der Waals surface area contributed by atoms with Crippen molar-refractivity contribution in [2.45, 2.75) is 70.6 Å². The third-order valence-electron chi connectivity index (χ3n) is 4.32. The smallest absolute Gasteiger partial charge is 0.0761 e. The minimum Gasteiger partial charge on any atom is -0.367 e. The van der Waals surface area contributed by atoms with Gasteiger partial charge in [-0.25, -0.2) is 0 Å². The molecule has 0 bridgehead atoms. The van der Waals surface area contributed by atoms with Crippen molar-refractivity contribution in [3.63, 3.8) is 0 Å². The summed E-state index contributed by atoms with van der Waals surface area (Å²) >= 11 is 0. The Hall–Kier alpha value is -0.120. The first-order valence-electron chi connectivity index (χ1n) is 7.31. The van der Waals surface area contributed by atoms with E-state index < -0.39 is 0 Å². The lowest BCUT2D eigenvalue weighted by Crippen LogP contribution is -2.65. The van der Waals surface area contributed by atoms with Crippen LogP contribution in [0.25, 0.3) is 0 Å². The van der Waals surface area contributed by atoms with Crippen molar-refractivity contribution in [3.8, 4) is 0 Å². The van der Waals surface area contributed by atoms with E-state index in [-0.39, 0.29) is 16.7 Å². The molecule has 3 nitrogen and oxygen atoms in total. The number of morpholine rings is 1. The van der Waals surface area contributed by atoms with Gasteiger partial charge in [-0.05, 0) is 47.0 Å². The highest BCUT2D eigenvalue weighted by Gasteiger charge is 2.45. The first-order chi connectivity index (χ1) is 8.16. The van der Waals surface area contributed by atoms with Crippen LogP contribution in [0.4, 0.5) is 0 Å². The Balaban J connectivity index is 2.13. The van der Waals surface area contributed by atoms with Gasteiger partial charge in [-0.15, -0.1) is 0 Å². The highest BCUT2D eigenvalue weighted by Crippen LogP contribution is 2.41. The average molecular weight is 254 g/mol. The number of rotatable bonds is 4. The molecule has 18 heavy (non-hydrogen) atoms. The van der Waals surface area contributed by atoms with E-state index in [1.54, 1.807) is 0 Å². The van der Waals surface area contributed by atoms with Crippen LogP contribution in [0.1, 0.15) is 53.9 Å². The predicted molar refractivity (Wildman–Crippen MR) is 75.6 cm³/mol. The lowest BCUT2D eigenvalue weighted by molar-refractivity contribution is -0.198. The first kappa shape index (κ1) is 14.3. The van der Waals surface area contributed by atoms with E-state index in [0.29, 0.717) is 0 Å². The van der Waals surface area contributed by atoms with E-state index in [1.807, 2.05) is 0 Å². The molecule has 3 heteroatoms. The van der Waals surface area contributed by atoms with Gasteiger partial charge in [-0.2, -0.15) is 0 Å². The lowest BCUT2D eigenvalue weighted by atomic mass is 9.87. The van der Waals surface area contributed by atoms with Crippen LogP contribution in [-0.2, 0) is 4.74 Å². The van der Waals surface area contributed by atoms with Crippen molar-refractivity contribution in [3.05, 3.63) is 0 Å². The third kappa shape index (κ3) is 3.25. The van der Waals surface area contributed by atoms with Crippen LogP contribution >= 0.6 is 0 Å². The molecule has 2 aliphatic rings. The number of ether oxygens (including phenoxy) is 1. The second-order valence-electron chi connectivity index (χ2n) is 7.83. The van der Waals surface area contributed by atoms with E-state index >= 15 is 0 Å². The fourth-order valence-electron chi connectivity index (χ4n) is 3.45. The van der Waals surface area contributed by atoms with Gasteiger partial charge in [-0.3, -0.25) is 4.90 Å². The molecule has 1 aliphatic heterocycles. The van der Waals surface area contributed by atoms with Crippen LogP contribution in [0.2, 0.25) is 0 Å². The van der Waals surface area contributed by atoms with Crippen molar-refractivity contribution < 1.29 is 4.74 Å². The molecule has 0 aromatic heterocycles. The molecular formula is C15H30N2O. The van der Waals surface area contributed by atoms with Gasteiger partial charge in [0.2, 0.25) is 0 Å². The number of nitrogens with two attached hydrogens (primary N) is 1. The Bertz CT molecular complexity index is 294. The Morgan fingerprint density at radius 2 is 1.67 bits per heavy atom. The minimum atomic E-state index is -0.0816. The Kier molecular flexibility index (Phi) is 3.54. The van der Waals surface area contributed by atoms with E-state index in [1.165, 1.54) is 19.3 Å². The average Bonchev–Trinajstić information content (AvgIpc) is 2.96. The summed E-state index contributed by atoms with van der Waals surface area (Å²) in [6, 6.07) is 0. The molecule has 2 fully saturated rings. The molecule has 1 aliphatic carbocycles. The van der Waals surface area contributed by atoms with Gasteiger partial charge >= 0.3 is 0 Å². The van der Waals surface area contributed by atoms with E-state index in [9.17, 15) is 0 Å². The summed E-state index contributed by atoms with van der Waals surface area (Å²) in [5.74, 6) is 0.910. The second-order valence-corrected chi connectivity index (χ2v) is 7.83. The summed E-state index contributed by atoms with van der Waals surface area (Å²) < 4.78 is 6.17. The van der Waals surface area contributed by atoms with Crippen LogP contribution in [0, 0.1) is 5.92 Å². The molecular weight excluding hydrogens is 224 g/mol.